The molecular weight excluding hydrogens is 299 g/mol. The average molecular weight is 320 g/mol. The minimum Gasteiger partial charge on any atom is -0.353 e. The highest BCUT2D eigenvalue weighted by Crippen LogP contribution is 2.16. The zero-order chi connectivity index (χ0) is 16.8. The molecule has 0 unspecified atom stereocenters. The molecule has 1 fully saturated rings. The molecule has 0 spiro atoms. The van der Waals surface area contributed by atoms with Crippen molar-refractivity contribution in [2.75, 3.05) is 13.1 Å². The molecule has 0 aliphatic carbocycles. The number of Topliss-reactive ketones (excluding diaryl/α,β-unsaturated/α-hetero) is 1. The number of hydrogen-bond acceptors (Lipinski definition) is 3. The van der Waals surface area contributed by atoms with Crippen LogP contribution in [0.4, 0.5) is 4.39 Å². The summed E-state index contributed by atoms with van der Waals surface area (Å²) in [5, 5.41) is 2.88. The Labute approximate surface area is 134 Å². The number of piperidine rings is 1. The van der Waals surface area contributed by atoms with Crippen LogP contribution >= 0.6 is 0 Å². The van der Waals surface area contributed by atoms with Crippen molar-refractivity contribution >= 4 is 17.6 Å². The molecule has 0 radical (unpaired) electrons. The van der Waals surface area contributed by atoms with Crippen LogP contribution in [0.25, 0.3) is 0 Å². The zero-order valence-corrected chi connectivity index (χ0v) is 13.2. The SMILES string of the molecule is CC(=O)CCC(=O)NC1CCN(C(=O)c2ccccc2F)CC1. The molecule has 0 bridgehead atoms. The standard InChI is InChI=1S/C17H21FN2O3/c1-12(21)6-7-16(22)19-13-8-10-20(11-9-13)17(23)14-4-2-3-5-15(14)18/h2-5,13H,6-11H2,1H3,(H,19,22). The number of amides is 2. The van der Waals surface area contributed by atoms with Crippen molar-refractivity contribution in [1.29, 1.82) is 0 Å². The van der Waals surface area contributed by atoms with E-state index >= 15 is 0 Å². The van der Waals surface area contributed by atoms with E-state index in [1.807, 2.05) is 0 Å². The third kappa shape index (κ3) is 4.87. The van der Waals surface area contributed by atoms with Crippen LogP contribution < -0.4 is 5.32 Å². The quantitative estimate of drug-likeness (QED) is 0.901. The van der Waals surface area contributed by atoms with Gasteiger partial charge in [0.25, 0.3) is 5.91 Å². The Morgan fingerprint density at radius 1 is 1.17 bits per heavy atom. The summed E-state index contributed by atoms with van der Waals surface area (Å²) in [4.78, 5) is 36.5. The second-order valence-electron chi connectivity index (χ2n) is 5.82. The van der Waals surface area contributed by atoms with Gasteiger partial charge in [-0.05, 0) is 31.9 Å². The number of halogens is 1. The molecule has 124 valence electrons. The summed E-state index contributed by atoms with van der Waals surface area (Å²) in [5.74, 6) is -0.980. The van der Waals surface area contributed by atoms with Crippen molar-refractivity contribution in [2.24, 2.45) is 0 Å². The van der Waals surface area contributed by atoms with Gasteiger partial charge in [-0.2, -0.15) is 0 Å². The molecule has 2 rings (SSSR count). The Balaban J connectivity index is 1.82. The molecule has 1 saturated heterocycles. The van der Waals surface area contributed by atoms with Crippen molar-refractivity contribution < 1.29 is 18.8 Å². The number of hydrogen-bond donors (Lipinski definition) is 1. The van der Waals surface area contributed by atoms with E-state index in [-0.39, 0.29) is 42.0 Å². The lowest BCUT2D eigenvalue weighted by atomic mass is 10.0. The highest BCUT2D eigenvalue weighted by atomic mass is 19.1. The number of nitrogens with zero attached hydrogens (tertiary/aromatic N) is 1. The zero-order valence-electron chi connectivity index (χ0n) is 13.2. The monoisotopic (exact) mass is 320 g/mol. The molecular formula is C17H21FN2O3. The third-order valence-corrected chi connectivity index (χ3v) is 3.96. The van der Waals surface area contributed by atoms with Gasteiger partial charge in [0.1, 0.15) is 11.6 Å². The molecule has 1 aliphatic heterocycles. The van der Waals surface area contributed by atoms with Gasteiger partial charge in [-0.15, -0.1) is 0 Å². The lowest BCUT2D eigenvalue weighted by Gasteiger charge is -2.32. The molecule has 1 aromatic carbocycles. The van der Waals surface area contributed by atoms with Gasteiger partial charge in [0.05, 0.1) is 5.56 Å². The molecule has 1 heterocycles. The highest BCUT2D eigenvalue weighted by Gasteiger charge is 2.25. The maximum absolute atomic E-state index is 13.7. The Morgan fingerprint density at radius 3 is 2.43 bits per heavy atom. The van der Waals surface area contributed by atoms with E-state index in [2.05, 4.69) is 5.32 Å². The van der Waals surface area contributed by atoms with Gasteiger partial charge in [0, 0.05) is 32.0 Å². The van der Waals surface area contributed by atoms with E-state index in [0.717, 1.165) is 0 Å². The maximum Gasteiger partial charge on any atom is 0.256 e. The van der Waals surface area contributed by atoms with Crippen LogP contribution in [-0.4, -0.2) is 41.6 Å². The van der Waals surface area contributed by atoms with Crippen LogP contribution in [-0.2, 0) is 9.59 Å². The Hall–Kier alpha value is -2.24. The van der Waals surface area contributed by atoms with Gasteiger partial charge in [0.15, 0.2) is 0 Å². The summed E-state index contributed by atoms with van der Waals surface area (Å²) in [6.07, 6.45) is 1.71. The molecule has 6 heteroatoms. The van der Waals surface area contributed by atoms with Crippen molar-refractivity contribution in [3.8, 4) is 0 Å². The normalized spacial score (nSPS) is 15.3. The number of carbonyl (C=O) groups excluding carboxylic acids is 3. The van der Waals surface area contributed by atoms with Crippen molar-refractivity contribution in [3.05, 3.63) is 35.6 Å². The highest BCUT2D eigenvalue weighted by molar-refractivity contribution is 5.94. The van der Waals surface area contributed by atoms with Crippen molar-refractivity contribution in [3.63, 3.8) is 0 Å². The smallest absolute Gasteiger partial charge is 0.256 e. The van der Waals surface area contributed by atoms with Crippen LogP contribution in [0.2, 0.25) is 0 Å². The first kappa shape index (κ1) is 17.1. The summed E-state index contributed by atoms with van der Waals surface area (Å²) >= 11 is 0. The molecule has 23 heavy (non-hydrogen) atoms. The van der Waals surface area contributed by atoms with E-state index in [1.165, 1.54) is 19.1 Å². The van der Waals surface area contributed by atoms with Crippen molar-refractivity contribution in [1.82, 2.24) is 10.2 Å². The number of benzene rings is 1. The molecule has 0 aromatic heterocycles. The summed E-state index contributed by atoms with van der Waals surface area (Å²) in [6, 6.07) is 5.94. The van der Waals surface area contributed by atoms with Gasteiger partial charge in [-0.3, -0.25) is 9.59 Å². The van der Waals surface area contributed by atoms with E-state index < -0.39 is 5.82 Å². The second-order valence-corrected chi connectivity index (χ2v) is 5.82. The number of ketones is 1. The van der Waals surface area contributed by atoms with Crippen LogP contribution in [0.1, 0.15) is 43.0 Å². The summed E-state index contributed by atoms with van der Waals surface area (Å²) < 4.78 is 13.7. The topological polar surface area (TPSA) is 66.5 Å². The fraction of sp³-hybridized carbons (Fsp3) is 0.471. The van der Waals surface area contributed by atoms with Crippen LogP contribution in [0.5, 0.6) is 0 Å². The predicted molar refractivity (Wildman–Crippen MR) is 83.4 cm³/mol. The number of nitrogens with one attached hydrogen (secondary N) is 1. The Morgan fingerprint density at radius 2 is 1.83 bits per heavy atom. The largest absolute Gasteiger partial charge is 0.353 e. The Bertz CT molecular complexity index is 595. The minimum atomic E-state index is -0.517. The number of carbonyl (C=O) groups is 3. The van der Waals surface area contributed by atoms with Crippen LogP contribution in [0.15, 0.2) is 24.3 Å². The lowest BCUT2D eigenvalue weighted by Crippen LogP contribution is -2.46. The summed E-state index contributed by atoms with van der Waals surface area (Å²) in [7, 11) is 0. The van der Waals surface area contributed by atoms with Gasteiger partial charge >= 0.3 is 0 Å². The summed E-state index contributed by atoms with van der Waals surface area (Å²) in [6.45, 7) is 2.41. The van der Waals surface area contributed by atoms with Crippen LogP contribution in [0, 0.1) is 5.82 Å². The van der Waals surface area contributed by atoms with E-state index in [1.54, 1.807) is 17.0 Å². The first-order valence-electron chi connectivity index (χ1n) is 7.80. The summed E-state index contributed by atoms with van der Waals surface area (Å²) in [5.41, 5.74) is 0.0800. The van der Waals surface area contributed by atoms with Gasteiger partial charge in [-0.1, -0.05) is 12.1 Å². The fourth-order valence-corrected chi connectivity index (χ4v) is 2.62. The molecule has 1 aromatic rings. The fourth-order valence-electron chi connectivity index (χ4n) is 2.62. The van der Waals surface area contributed by atoms with Crippen molar-refractivity contribution in [2.45, 2.75) is 38.6 Å². The first-order valence-corrected chi connectivity index (χ1v) is 7.80. The molecule has 1 aliphatic rings. The van der Waals surface area contributed by atoms with Crippen LogP contribution in [0.3, 0.4) is 0 Å². The van der Waals surface area contributed by atoms with E-state index in [4.69, 9.17) is 0 Å². The molecule has 5 nitrogen and oxygen atoms in total. The average Bonchev–Trinajstić information content (AvgIpc) is 2.53. The third-order valence-electron chi connectivity index (χ3n) is 3.96. The van der Waals surface area contributed by atoms with E-state index in [0.29, 0.717) is 25.9 Å². The predicted octanol–water partition coefficient (Wildman–Crippen LogP) is 1.92. The van der Waals surface area contributed by atoms with E-state index in [9.17, 15) is 18.8 Å². The molecule has 0 saturated carbocycles. The second kappa shape index (κ2) is 7.85. The first-order chi connectivity index (χ1) is 11.0. The molecule has 1 N–H and O–H groups in total. The Kier molecular flexibility index (Phi) is 5.84. The lowest BCUT2D eigenvalue weighted by molar-refractivity contribution is -0.125. The van der Waals surface area contributed by atoms with Gasteiger partial charge in [-0.25, -0.2) is 4.39 Å². The maximum atomic E-state index is 13.7. The van der Waals surface area contributed by atoms with Gasteiger partial charge < -0.3 is 15.0 Å². The molecule has 2 amide bonds. The van der Waals surface area contributed by atoms with Gasteiger partial charge in [0.2, 0.25) is 5.91 Å². The number of rotatable bonds is 5. The minimum absolute atomic E-state index is 0.000807. The molecule has 0 atom stereocenters. The number of likely N-dealkylation sites (tertiary alicyclic amines) is 1.